The fraction of sp³-hybridized carbons (Fsp3) is 0.300. The summed E-state index contributed by atoms with van der Waals surface area (Å²) in [7, 11) is 0. The number of rotatable bonds is 7. The zero-order valence-electron chi connectivity index (χ0n) is 17.3. The molecule has 0 amide bonds. The first kappa shape index (κ1) is 22.8. The van der Waals surface area contributed by atoms with Crippen molar-refractivity contribution in [1.29, 1.82) is 0 Å². The van der Waals surface area contributed by atoms with Gasteiger partial charge in [0.1, 0.15) is 5.75 Å². The Morgan fingerprint density at radius 3 is 1.68 bits per heavy atom. The Morgan fingerprint density at radius 2 is 1.32 bits per heavy atom. The van der Waals surface area contributed by atoms with E-state index in [-0.39, 0.29) is 27.5 Å². The number of H-pyrrole nitrogens is 2. The molecular formula is C20H22N4O5S2. The van der Waals surface area contributed by atoms with Crippen LogP contribution in [0.5, 0.6) is 17.5 Å². The molecule has 0 saturated carbocycles. The van der Waals surface area contributed by atoms with Crippen molar-refractivity contribution in [3.8, 4) is 17.5 Å². The molecule has 2 heterocycles. The van der Waals surface area contributed by atoms with Crippen LogP contribution in [0.25, 0.3) is 0 Å². The van der Waals surface area contributed by atoms with Crippen molar-refractivity contribution in [3.63, 3.8) is 0 Å². The number of aromatic amines is 2. The van der Waals surface area contributed by atoms with Gasteiger partial charge in [0.15, 0.2) is 10.3 Å². The third kappa shape index (κ3) is 4.88. The fourth-order valence-electron chi connectivity index (χ4n) is 3.10. The van der Waals surface area contributed by atoms with E-state index in [2.05, 4.69) is 19.9 Å². The van der Waals surface area contributed by atoms with Crippen LogP contribution in [0.3, 0.4) is 0 Å². The molecule has 0 saturated heterocycles. The number of ether oxygens (including phenoxy) is 1. The van der Waals surface area contributed by atoms with Crippen LogP contribution in [0.15, 0.2) is 44.2 Å². The summed E-state index contributed by atoms with van der Waals surface area (Å²) >= 11 is 2.30. The highest BCUT2D eigenvalue weighted by atomic mass is 32.2. The van der Waals surface area contributed by atoms with Crippen LogP contribution in [0, 0.1) is 0 Å². The van der Waals surface area contributed by atoms with Crippen LogP contribution < -0.4 is 15.9 Å². The van der Waals surface area contributed by atoms with Gasteiger partial charge in [-0.15, -0.1) is 0 Å². The number of hydrogen-bond donors (Lipinski definition) is 4. The first-order chi connectivity index (χ1) is 14.7. The summed E-state index contributed by atoms with van der Waals surface area (Å²) in [6.45, 7) is 3.79. The first-order valence-electron chi connectivity index (χ1n) is 9.26. The maximum absolute atomic E-state index is 12.9. The van der Waals surface area contributed by atoms with Crippen LogP contribution in [0.4, 0.5) is 0 Å². The van der Waals surface area contributed by atoms with Crippen LogP contribution in [0.1, 0.15) is 36.5 Å². The van der Waals surface area contributed by atoms with Gasteiger partial charge in [-0.25, -0.2) is 0 Å². The number of aromatic hydroxyl groups is 2. The molecule has 164 valence electrons. The van der Waals surface area contributed by atoms with E-state index in [1.165, 1.54) is 0 Å². The molecule has 9 nitrogen and oxygen atoms in total. The van der Waals surface area contributed by atoms with E-state index in [1.807, 2.05) is 13.8 Å². The molecule has 0 radical (unpaired) electrons. The lowest BCUT2D eigenvalue weighted by atomic mass is 9.87. The second-order valence-electron chi connectivity index (χ2n) is 6.79. The summed E-state index contributed by atoms with van der Waals surface area (Å²) in [5.41, 5.74) is -1.13. The Kier molecular flexibility index (Phi) is 6.96. The number of aromatic nitrogens is 4. The summed E-state index contributed by atoms with van der Waals surface area (Å²) in [5, 5.41) is 21.6. The molecule has 0 unspecified atom stereocenters. The molecule has 0 aliphatic rings. The SMILES string of the molecule is CSc1nc(O)c(C(c2ccc(OC(C)C)cc2)c2c(O)nc(SC)[nH]c2=O)c(=O)[nH]1. The van der Waals surface area contributed by atoms with Crippen molar-refractivity contribution < 1.29 is 14.9 Å². The van der Waals surface area contributed by atoms with Gasteiger partial charge in [0.25, 0.3) is 11.1 Å². The van der Waals surface area contributed by atoms with Crippen molar-refractivity contribution in [2.75, 3.05) is 12.5 Å². The van der Waals surface area contributed by atoms with Gasteiger partial charge >= 0.3 is 0 Å². The first-order valence-corrected chi connectivity index (χ1v) is 11.7. The second kappa shape index (κ2) is 9.48. The lowest BCUT2D eigenvalue weighted by molar-refractivity contribution is 0.242. The van der Waals surface area contributed by atoms with Crippen LogP contribution in [-0.4, -0.2) is 48.8 Å². The molecule has 2 aromatic heterocycles. The van der Waals surface area contributed by atoms with E-state index in [0.29, 0.717) is 11.3 Å². The molecular weight excluding hydrogens is 440 g/mol. The van der Waals surface area contributed by atoms with Crippen molar-refractivity contribution in [1.82, 2.24) is 19.9 Å². The van der Waals surface area contributed by atoms with Gasteiger partial charge in [-0.05, 0) is 44.1 Å². The molecule has 0 bridgehead atoms. The van der Waals surface area contributed by atoms with Crippen molar-refractivity contribution in [2.24, 2.45) is 0 Å². The predicted octanol–water partition coefficient (Wildman–Crippen LogP) is 2.68. The highest BCUT2D eigenvalue weighted by Crippen LogP contribution is 2.36. The quantitative estimate of drug-likeness (QED) is 0.308. The maximum Gasteiger partial charge on any atom is 0.259 e. The lowest BCUT2D eigenvalue weighted by Gasteiger charge is -2.19. The zero-order chi connectivity index (χ0) is 22.7. The average molecular weight is 463 g/mol. The third-order valence-corrected chi connectivity index (χ3v) is 5.54. The lowest BCUT2D eigenvalue weighted by Crippen LogP contribution is -2.25. The zero-order valence-corrected chi connectivity index (χ0v) is 18.9. The summed E-state index contributed by atoms with van der Waals surface area (Å²) in [6.07, 6.45) is 3.36. The molecule has 0 aliphatic heterocycles. The molecule has 0 atom stereocenters. The Hall–Kier alpha value is -2.92. The molecule has 0 fully saturated rings. The van der Waals surface area contributed by atoms with Crippen LogP contribution in [0.2, 0.25) is 0 Å². The fourth-order valence-corrected chi connectivity index (χ4v) is 3.85. The van der Waals surface area contributed by atoms with Gasteiger partial charge in [-0.1, -0.05) is 35.7 Å². The normalized spacial score (nSPS) is 11.3. The Balaban J connectivity index is 2.26. The smallest absolute Gasteiger partial charge is 0.259 e. The van der Waals surface area contributed by atoms with Gasteiger partial charge in [0.2, 0.25) is 11.8 Å². The van der Waals surface area contributed by atoms with Gasteiger partial charge in [-0.2, -0.15) is 9.97 Å². The molecule has 0 spiro atoms. The minimum atomic E-state index is -1.12. The standard InChI is InChI=1S/C20H22N4O5S2/c1-9(2)29-11-7-5-10(6-8-11)12(13-15(25)21-19(30-3)22-16(13)26)14-17(27)23-20(31-4)24-18(14)28/h5-9,12H,1-4H3,(H2,21,22,25,26)(H2,23,24,27,28). The molecule has 11 heteroatoms. The Labute approximate surface area is 186 Å². The predicted molar refractivity (Wildman–Crippen MR) is 120 cm³/mol. The van der Waals surface area contributed by atoms with Crippen molar-refractivity contribution >= 4 is 23.5 Å². The minimum absolute atomic E-state index is 0.0352. The summed E-state index contributed by atoms with van der Waals surface area (Å²) in [5.74, 6) is -1.59. The minimum Gasteiger partial charge on any atom is -0.493 e. The highest BCUT2D eigenvalue weighted by Gasteiger charge is 2.31. The summed E-state index contributed by atoms with van der Waals surface area (Å²) in [4.78, 5) is 38.9. The Morgan fingerprint density at radius 1 is 0.871 bits per heavy atom. The molecule has 4 N–H and O–H groups in total. The molecule has 1 aromatic carbocycles. The van der Waals surface area contributed by atoms with Gasteiger partial charge in [0.05, 0.1) is 23.1 Å². The monoisotopic (exact) mass is 462 g/mol. The van der Waals surface area contributed by atoms with Gasteiger partial charge in [-0.3, -0.25) is 9.59 Å². The van der Waals surface area contributed by atoms with E-state index < -0.39 is 28.8 Å². The van der Waals surface area contributed by atoms with Gasteiger partial charge < -0.3 is 24.9 Å². The number of nitrogens with zero attached hydrogens (tertiary/aromatic N) is 2. The van der Waals surface area contributed by atoms with Crippen molar-refractivity contribution in [3.05, 3.63) is 61.7 Å². The summed E-state index contributed by atoms with van der Waals surface area (Å²) < 4.78 is 5.65. The topological polar surface area (TPSA) is 141 Å². The molecule has 3 rings (SSSR count). The number of benzene rings is 1. The molecule has 3 aromatic rings. The second-order valence-corrected chi connectivity index (χ2v) is 8.38. The Bertz CT molecular complexity index is 1120. The summed E-state index contributed by atoms with van der Waals surface area (Å²) in [6, 6.07) is 6.69. The van der Waals surface area contributed by atoms with Crippen LogP contribution >= 0.6 is 23.5 Å². The van der Waals surface area contributed by atoms with E-state index in [9.17, 15) is 19.8 Å². The van der Waals surface area contributed by atoms with Crippen molar-refractivity contribution in [2.45, 2.75) is 36.2 Å². The molecule has 31 heavy (non-hydrogen) atoms. The highest BCUT2D eigenvalue weighted by molar-refractivity contribution is 7.98. The van der Waals surface area contributed by atoms with E-state index in [4.69, 9.17) is 4.74 Å². The van der Waals surface area contributed by atoms with E-state index in [1.54, 1.807) is 36.8 Å². The van der Waals surface area contributed by atoms with E-state index in [0.717, 1.165) is 23.5 Å². The van der Waals surface area contributed by atoms with E-state index >= 15 is 0 Å². The van der Waals surface area contributed by atoms with Gasteiger partial charge in [0, 0.05) is 0 Å². The average Bonchev–Trinajstić information content (AvgIpc) is 2.71. The number of hydrogen-bond acceptors (Lipinski definition) is 9. The third-order valence-electron chi connectivity index (χ3n) is 4.38. The molecule has 0 aliphatic carbocycles. The number of thioether (sulfide) groups is 2. The number of nitrogens with one attached hydrogen (secondary N) is 2. The largest absolute Gasteiger partial charge is 0.493 e. The maximum atomic E-state index is 12.9. The van der Waals surface area contributed by atoms with Crippen LogP contribution in [-0.2, 0) is 0 Å².